The van der Waals surface area contributed by atoms with Crippen molar-refractivity contribution in [3.63, 3.8) is 0 Å². The SMILES string of the molecule is [2H]C([2H])([2H])OCc1c2n(c3ccccc13)CCC2OC. The van der Waals surface area contributed by atoms with Gasteiger partial charge < -0.3 is 14.0 Å². The van der Waals surface area contributed by atoms with Crippen molar-refractivity contribution < 1.29 is 13.6 Å². The molecule has 2 aromatic rings. The van der Waals surface area contributed by atoms with Gasteiger partial charge >= 0.3 is 0 Å². The maximum absolute atomic E-state index is 7.21. The minimum absolute atomic E-state index is 0.0117. The third kappa shape index (κ3) is 1.50. The summed E-state index contributed by atoms with van der Waals surface area (Å²) in [6.07, 6.45) is 0.926. The molecule has 0 saturated heterocycles. The standard InChI is InChI=1S/C14H17NO2/c1-16-9-11-10-5-3-4-6-12(10)15-8-7-13(17-2)14(11)15/h3-6,13H,7-9H2,1-2H3/i1D3. The van der Waals surface area contributed by atoms with E-state index >= 15 is 0 Å². The van der Waals surface area contributed by atoms with E-state index in [1.807, 2.05) is 18.2 Å². The number of methoxy groups -OCH3 is 2. The maximum atomic E-state index is 7.21. The summed E-state index contributed by atoms with van der Waals surface area (Å²) < 4.78 is 34.4. The van der Waals surface area contributed by atoms with Crippen LogP contribution in [0.1, 0.15) is 27.9 Å². The van der Waals surface area contributed by atoms with E-state index in [0.29, 0.717) is 0 Å². The molecular weight excluding hydrogens is 214 g/mol. The number of nitrogens with zero attached hydrogens (tertiary/aromatic N) is 1. The molecule has 3 nitrogen and oxygen atoms in total. The first-order chi connectivity index (χ1) is 9.51. The zero-order chi connectivity index (χ0) is 14.3. The maximum Gasteiger partial charge on any atom is 0.0991 e. The van der Waals surface area contributed by atoms with Crippen LogP contribution in [0.2, 0.25) is 0 Å². The van der Waals surface area contributed by atoms with Gasteiger partial charge in [0.2, 0.25) is 0 Å². The van der Waals surface area contributed by atoms with E-state index in [9.17, 15) is 0 Å². The summed E-state index contributed by atoms with van der Waals surface area (Å²) in [5.41, 5.74) is 3.10. The van der Waals surface area contributed by atoms with Gasteiger partial charge in [0.1, 0.15) is 0 Å². The van der Waals surface area contributed by atoms with Gasteiger partial charge in [-0.25, -0.2) is 0 Å². The molecule has 1 aromatic heterocycles. The van der Waals surface area contributed by atoms with Gasteiger partial charge in [-0.05, 0) is 12.5 Å². The monoisotopic (exact) mass is 234 g/mol. The molecular formula is C14H17NO2. The lowest BCUT2D eigenvalue weighted by molar-refractivity contribution is 0.102. The number of benzene rings is 1. The summed E-state index contributed by atoms with van der Waals surface area (Å²) in [4.78, 5) is 0. The minimum atomic E-state index is -2.38. The fraction of sp³-hybridized carbons (Fsp3) is 0.429. The number of ether oxygens (including phenoxy) is 2. The van der Waals surface area contributed by atoms with Crippen LogP contribution >= 0.6 is 0 Å². The quantitative estimate of drug-likeness (QED) is 0.815. The average Bonchev–Trinajstić information content (AvgIpc) is 2.93. The van der Waals surface area contributed by atoms with Crippen molar-refractivity contribution in [2.75, 3.05) is 14.1 Å². The van der Waals surface area contributed by atoms with Crippen LogP contribution in [0.4, 0.5) is 0 Å². The number of fused-ring (bicyclic) bond motifs is 3. The van der Waals surface area contributed by atoms with Crippen LogP contribution in [0.15, 0.2) is 24.3 Å². The first-order valence-electron chi connectivity index (χ1n) is 7.28. The van der Waals surface area contributed by atoms with Crippen LogP contribution in [-0.4, -0.2) is 18.7 Å². The lowest BCUT2D eigenvalue weighted by atomic mass is 10.1. The Hall–Kier alpha value is -1.32. The number of aromatic nitrogens is 1. The highest BCUT2D eigenvalue weighted by Gasteiger charge is 2.28. The van der Waals surface area contributed by atoms with Crippen LogP contribution in [0.25, 0.3) is 10.9 Å². The van der Waals surface area contributed by atoms with Gasteiger partial charge in [0.15, 0.2) is 0 Å². The molecule has 2 heterocycles. The van der Waals surface area contributed by atoms with Gasteiger partial charge in [0.05, 0.1) is 22.5 Å². The van der Waals surface area contributed by atoms with Gasteiger partial charge in [-0.1, -0.05) is 18.2 Å². The van der Waals surface area contributed by atoms with Crippen molar-refractivity contribution >= 4 is 10.9 Å². The minimum Gasteiger partial charge on any atom is -0.380 e. The molecule has 1 unspecified atom stereocenters. The summed E-state index contributed by atoms with van der Waals surface area (Å²) in [5, 5.41) is 1.05. The van der Waals surface area contributed by atoms with E-state index in [0.717, 1.165) is 35.1 Å². The molecule has 3 rings (SSSR count). The molecule has 90 valence electrons. The highest BCUT2D eigenvalue weighted by molar-refractivity contribution is 5.86. The van der Waals surface area contributed by atoms with Crippen molar-refractivity contribution in [3.05, 3.63) is 35.5 Å². The van der Waals surface area contributed by atoms with Crippen LogP contribution < -0.4 is 0 Å². The highest BCUT2D eigenvalue weighted by Crippen LogP contribution is 2.38. The molecule has 0 bridgehead atoms. The predicted molar refractivity (Wildman–Crippen MR) is 67.0 cm³/mol. The van der Waals surface area contributed by atoms with E-state index in [4.69, 9.17) is 13.6 Å². The average molecular weight is 234 g/mol. The van der Waals surface area contributed by atoms with Gasteiger partial charge in [-0.3, -0.25) is 0 Å². The summed E-state index contributed by atoms with van der Waals surface area (Å²) in [6, 6.07) is 8.00. The molecule has 1 atom stereocenters. The zero-order valence-electron chi connectivity index (χ0n) is 12.8. The smallest absolute Gasteiger partial charge is 0.0991 e. The number of hydrogen-bond acceptors (Lipinski definition) is 2. The van der Waals surface area contributed by atoms with E-state index < -0.39 is 7.04 Å². The molecule has 1 aliphatic rings. The van der Waals surface area contributed by atoms with Crippen molar-refractivity contribution in [1.82, 2.24) is 4.57 Å². The third-order valence-electron chi connectivity index (χ3n) is 3.54. The first-order valence-corrected chi connectivity index (χ1v) is 5.78. The Kier molecular flexibility index (Phi) is 1.94. The second-order valence-corrected chi connectivity index (χ2v) is 4.33. The normalized spacial score (nSPS) is 22.2. The summed E-state index contributed by atoms with van der Waals surface area (Å²) in [6.45, 7) is 0.974. The second kappa shape index (κ2) is 4.17. The van der Waals surface area contributed by atoms with Crippen molar-refractivity contribution in [2.24, 2.45) is 0 Å². The largest absolute Gasteiger partial charge is 0.380 e. The molecule has 0 saturated carbocycles. The molecule has 0 aliphatic carbocycles. The van der Waals surface area contributed by atoms with Crippen LogP contribution in [0.5, 0.6) is 0 Å². The Morgan fingerprint density at radius 2 is 2.35 bits per heavy atom. The van der Waals surface area contributed by atoms with Crippen LogP contribution in [0, 0.1) is 0 Å². The predicted octanol–water partition coefficient (Wildman–Crippen LogP) is 2.88. The molecule has 0 N–H and O–H groups in total. The molecule has 0 fully saturated rings. The van der Waals surface area contributed by atoms with Gasteiger partial charge in [-0.15, -0.1) is 0 Å². The molecule has 17 heavy (non-hydrogen) atoms. The number of rotatable bonds is 3. The fourth-order valence-electron chi connectivity index (χ4n) is 2.84. The van der Waals surface area contributed by atoms with E-state index in [1.54, 1.807) is 7.11 Å². The summed E-state index contributed by atoms with van der Waals surface area (Å²) >= 11 is 0. The number of hydrogen-bond donors (Lipinski definition) is 0. The van der Waals surface area contributed by atoms with E-state index in [-0.39, 0.29) is 12.7 Å². The van der Waals surface area contributed by atoms with Crippen molar-refractivity contribution in [3.8, 4) is 0 Å². The van der Waals surface area contributed by atoms with E-state index in [2.05, 4.69) is 10.6 Å². The Bertz CT molecular complexity index is 633. The Morgan fingerprint density at radius 3 is 3.18 bits per heavy atom. The van der Waals surface area contributed by atoms with Crippen LogP contribution in [-0.2, 0) is 22.6 Å². The van der Waals surface area contributed by atoms with Gasteiger partial charge in [-0.2, -0.15) is 0 Å². The summed E-state index contributed by atoms with van der Waals surface area (Å²) in [5.74, 6) is 0. The topological polar surface area (TPSA) is 23.4 Å². The number of para-hydroxylation sites is 1. The molecule has 0 amide bonds. The molecule has 1 aromatic carbocycles. The highest BCUT2D eigenvalue weighted by atomic mass is 16.5. The van der Waals surface area contributed by atoms with Gasteiger partial charge in [0, 0.05) is 37.2 Å². The lowest BCUT2D eigenvalue weighted by Gasteiger charge is -2.10. The molecule has 0 radical (unpaired) electrons. The van der Waals surface area contributed by atoms with E-state index in [1.165, 1.54) is 0 Å². The lowest BCUT2D eigenvalue weighted by Crippen LogP contribution is -2.01. The molecule has 3 heteroatoms. The van der Waals surface area contributed by atoms with Crippen molar-refractivity contribution in [1.29, 1.82) is 0 Å². The Labute approximate surface area is 105 Å². The Balaban J connectivity index is 2.09. The second-order valence-electron chi connectivity index (χ2n) is 4.33. The van der Waals surface area contributed by atoms with Gasteiger partial charge in [0.25, 0.3) is 0 Å². The number of aryl methyl sites for hydroxylation is 1. The molecule has 0 spiro atoms. The zero-order valence-corrected chi connectivity index (χ0v) is 9.77. The first kappa shape index (κ1) is 7.90. The Morgan fingerprint density at radius 1 is 1.47 bits per heavy atom. The molecule has 1 aliphatic heterocycles. The fourth-order valence-corrected chi connectivity index (χ4v) is 2.84. The summed E-state index contributed by atoms with van der Waals surface area (Å²) in [7, 11) is -0.691. The third-order valence-corrected chi connectivity index (χ3v) is 3.54. The van der Waals surface area contributed by atoms with Crippen LogP contribution in [0.3, 0.4) is 0 Å². The van der Waals surface area contributed by atoms with Crippen molar-refractivity contribution in [2.45, 2.75) is 25.7 Å².